The highest BCUT2D eigenvalue weighted by Gasteiger charge is 2.61. The molecule has 2 aromatic carbocycles. The second kappa shape index (κ2) is 4.77. The predicted octanol–water partition coefficient (Wildman–Crippen LogP) is 3.77. The molecule has 0 aromatic heterocycles. The molecule has 0 aliphatic carbocycles. The summed E-state index contributed by atoms with van der Waals surface area (Å²) in [5.41, 5.74) is 2.36. The van der Waals surface area contributed by atoms with Gasteiger partial charge in [-0.3, -0.25) is 0 Å². The second-order valence-corrected chi connectivity index (χ2v) is 6.55. The Morgan fingerprint density at radius 3 is 2.00 bits per heavy atom. The zero-order valence-corrected chi connectivity index (χ0v) is 12.7. The Morgan fingerprint density at radius 2 is 1.48 bits per heavy atom. The summed E-state index contributed by atoms with van der Waals surface area (Å²) < 4.78 is 17.2. The number of methoxy groups -OCH3 is 2. The molecular formula is C17H16O3S. The van der Waals surface area contributed by atoms with Gasteiger partial charge in [-0.1, -0.05) is 36.4 Å². The minimum atomic E-state index is -0.249. The first-order chi connectivity index (χ1) is 10.3. The van der Waals surface area contributed by atoms with Gasteiger partial charge in [0.15, 0.2) is 0 Å². The third-order valence-corrected chi connectivity index (χ3v) is 5.95. The van der Waals surface area contributed by atoms with Gasteiger partial charge in [-0.2, -0.15) is 0 Å². The zero-order chi connectivity index (χ0) is 14.4. The molecule has 1 saturated heterocycles. The van der Waals surface area contributed by atoms with Crippen molar-refractivity contribution in [3.8, 4) is 11.5 Å². The van der Waals surface area contributed by atoms with Crippen LogP contribution in [0.2, 0.25) is 0 Å². The Hall–Kier alpha value is -1.49. The molecule has 21 heavy (non-hydrogen) atoms. The highest BCUT2D eigenvalue weighted by molar-refractivity contribution is 8.02. The lowest BCUT2D eigenvalue weighted by Gasteiger charge is -2.54. The largest absolute Gasteiger partial charge is 0.457 e. The highest BCUT2D eigenvalue weighted by atomic mass is 32.2. The van der Waals surface area contributed by atoms with Gasteiger partial charge >= 0.3 is 0 Å². The maximum absolute atomic E-state index is 6.06. The van der Waals surface area contributed by atoms with Crippen molar-refractivity contribution >= 4 is 11.8 Å². The van der Waals surface area contributed by atoms with E-state index in [1.807, 2.05) is 36.4 Å². The number of benzene rings is 2. The van der Waals surface area contributed by atoms with Crippen LogP contribution in [0.4, 0.5) is 0 Å². The fourth-order valence-electron chi connectivity index (χ4n) is 3.30. The van der Waals surface area contributed by atoms with Crippen LogP contribution in [0, 0.1) is 0 Å². The van der Waals surface area contributed by atoms with Gasteiger partial charge in [-0.05, 0) is 12.1 Å². The van der Waals surface area contributed by atoms with E-state index in [-0.39, 0.29) is 16.3 Å². The average Bonchev–Trinajstić information content (AvgIpc) is 2.51. The lowest BCUT2D eigenvalue weighted by Crippen LogP contribution is -2.57. The summed E-state index contributed by atoms with van der Waals surface area (Å²) in [7, 11) is 3.48. The molecule has 0 N–H and O–H groups in total. The van der Waals surface area contributed by atoms with Crippen LogP contribution in [-0.4, -0.2) is 25.8 Å². The molecule has 4 rings (SSSR count). The standard InChI is InChI=1S/C17H16O3S/c1-18-15-16(19-2)21-17(15)11-7-3-5-9-13(11)20-14-10-6-4-8-12(14)17/h3-10,15-16H,1-2H3/t15-,16+/m0/s1. The Kier molecular flexibility index (Phi) is 2.99. The van der Waals surface area contributed by atoms with E-state index in [4.69, 9.17) is 14.2 Å². The highest BCUT2D eigenvalue weighted by Crippen LogP contribution is 2.65. The third-order valence-electron chi connectivity index (χ3n) is 4.23. The van der Waals surface area contributed by atoms with Gasteiger partial charge in [0.2, 0.25) is 0 Å². The molecule has 0 amide bonds. The first-order valence-electron chi connectivity index (χ1n) is 6.91. The summed E-state index contributed by atoms with van der Waals surface area (Å²) in [6, 6.07) is 16.4. The van der Waals surface area contributed by atoms with E-state index in [0.29, 0.717) is 0 Å². The molecule has 0 saturated carbocycles. The van der Waals surface area contributed by atoms with Crippen molar-refractivity contribution in [2.75, 3.05) is 14.2 Å². The average molecular weight is 300 g/mol. The number of para-hydroxylation sites is 2. The van der Waals surface area contributed by atoms with E-state index in [1.54, 1.807) is 26.0 Å². The van der Waals surface area contributed by atoms with Crippen LogP contribution in [-0.2, 0) is 14.2 Å². The Bertz CT molecular complexity index is 640. The van der Waals surface area contributed by atoms with E-state index in [2.05, 4.69) is 12.1 Å². The van der Waals surface area contributed by atoms with Crippen LogP contribution in [0.1, 0.15) is 11.1 Å². The van der Waals surface area contributed by atoms with Crippen LogP contribution < -0.4 is 4.74 Å². The molecule has 1 fully saturated rings. The van der Waals surface area contributed by atoms with Gasteiger partial charge in [0.1, 0.15) is 27.8 Å². The van der Waals surface area contributed by atoms with Crippen LogP contribution in [0.3, 0.4) is 0 Å². The van der Waals surface area contributed by atoms with Crippen molar-refractivity contribution in [3.63, 3.8) is 0 Å². The quantitative estimate of drug-likeness (QED) is 0.844. The number of hydrogen-bond acceptors (Lipinski definition) is 4. The third kappa shape index (κ3) is 1.64. The number of ether oxygens (including phenoxy) is 3. The summed E-state index contributed by atoms with van der Waals surface area (Å²) in [5.74, 6) is 1.81. The van der Waals surface area contributed by atoms with Gasteiger partial charge in [0.25, 0.3) is 0 Å². The smallest absolute Gasteiger partial charge is 0.132 e. The lowest BCUT2D eigenvalue weighted by molar-refractivity contribution is -0.0296. The first-order valence-corrected chi connectivity index (χ1v) is 7.79. The fraction of sp³-hybridized carbons (Fsp3) is 0.294. The van der Waals surface area contributed by atoms with Crippen molar-refractivity contribution < 1.29 is 14.2 Å². The van der Waals surface area contributed by atoms with E-state index in [1.165, 1.54) is 0 Å². The molecular weight excluding hydrogens is 284 g/mol. The van der Waals surface area contributed by atoms with E-state index < -0.39 is 0 Å². The molecule has 0 bridgehead atoms. The molecule has 0 radical (unpaired) electrons. The fourth-order valence-corrected chi connectivity index (χ4v) is 4.92. The van der Waals surface area contributed by atoms with Crippen LogP contribution in [0.15, 0.2) is 48.5 Å². The molecule has 0 unspecified atom stereocenters. The molecule has 108 valence electrons. The topological polar surface area (TPSA) is 27.7 Å². The van der Waals surface area contributed by atoms with Crippen molar-refractivity contribution in [3.05, 3.63) is 59.7 Å². The zero-order valence-electron chi connectivity index (χ0n) is 11.9. The van der Waals surface area contributed by atoms with E-state index >= 15 is 0 Å². The minimum Gasteiger partial charge on any atom is -0.457 e. The Labute approximate surface area is 128 Å². The summed E-state index contributed by atoms with van der Waals surface area (Å²) in [5, 5.41) is 0. The van der Waals surface area contributed by atoms with Gasteiger partial charge in [-0.15, -0.1) is 11.8 Å². The molecule has 2 aromatic rings. The van der Waals surface area contributed by atoms with Gasteiger partial charge in [0, 0.05) is 25.3 Å². The maximum Gasteiger partial charge on any atom is 0.132 e. The lowest BCUT2D eigenvalue weighted by atomic mass is 9.81. The SMILES string of the molecule is CO[C@@H]1SC2(c3ccccc3Oc3ccccc32)[C@H]1OC. The first kappa shape index (κ1) is 13.2. The molecule has 3 nitrogen and oxygen atoms in total. The van der Waals surface area contributed by atoms with Crippen molar-refractivity contribution in [1.82, 2.24) is 0 Å². The number of hydrogen-bond donors (Lipinski definition) is 0. The molecule has 2 heterocycles. The molecule has 2 atom stereocenters. The van der Waals surface area contributed by atoms with Crippen molar-refractivity contribution in [2.45, 2.75) is 16.3 Å². The van der Waals surface area contributed by atoms with E-state index in [9.17, 15) is 0 Å². The number of thioether (sulfide) groups is 1. The van der Waals surface area contributed by atoms with E-state index in [0.717, 1.165) is 22.6 Å². The summed E-state index contributed by atoms with van der Waals surface area (Å²) in [4.78, 5) is 0. The maximum atomic E-state index is 6.06. The summed E-state index contributed by atoms with van der Waals surface area (Å²) in [6.07, 6.45) is -0.0290. The van der Waals surface area contributed by atoms with Gasteiger partial charge < -0.3 is 14.2 Å². The van der Waals surface area contributed by atoms with Crippen molar-refractivity contribution in [1.29, 1.82) is 0 Å². The van der Waals surface area contributed by atoms with Crippen molar-refractivity contribution in [2.24, 2.45) is 0 Å². The normalized spacial score (nSPS) is 24.7. The van der Waals surface area contributed by atoms with Gasteiger partial charge in [0.05, 0.1) is 0 Å². The molecule has 2 aliphatic rings. The molecule has 2 aliphatic heterocycles. The molecule has 1 spiro atoms. The number of rotatable bonds is 2. The second-order valence-electron chi connectivity index (χ2n) is 5.21. The Balaban J connectivity index is 1.94. The van der Waals surface area contributed by atoms with Gasteiger partial charge in [-0.25, -0.2) is 0 Å². The Morgan fingerprint density at radius 1 is 0.905 bits per heavy atom. The molecule has 4 heteroatoms. The summed E-state index contributed by atoms with van der Waals surface area (Å²) in [6.45, 7) is 0. The monoisotopic (exact) mass is 300 g/mol. The summed E-state index contributed by atoms with van der Waals surface area (Å²) >= 11 is 1.79. The predicted molar refractivity (Wildman–Crippen MR) is 82.9 cm³/mol. The van der Waals surface area contributed by atoms with Crippen LogP contribution >= 0.6 is 11.8 Å². The minimum absolute atomic E-state index is 0.0290. The van der Waals surface area contributed by atoms with Crippen LogP contribution in [0.25, 0.3) is 0 Å². The number of fused-ring (bicyclic) bond motifs is 4. The van der Waals surface area contributed by atoms with Crippen LogP contribution in [0.5, 0.6) is 11.5 Å².